The Morgan fingerprint density at radius 2 is 2.03 bits per heavy atom. The van der Waals surface area contributed by atoms with Crippen LogP contribution < -0.4 is 9.47 Å². The molecule has 0 bridgehead atoms. The number of hydrogen-bond donors (Lipinski definition) is 1. The van der Waals surface area contributed by atoms with E-state index in [1.807, 2.05) is 31.2 Å². The Morgan fingerprint density at radius 1 is 1.14 bits per heavy atom. The third kappa shape index (κ3) is 4.32. The fourth-order valence-electron chi connectivity index (χ4n) is 5.87. The molecule has 3 heterocycles. The maximum atomic E-state index is 14.0. The highest BCUT2D eigenvalue weighted by molar-refractivity contribution is 5.88. The second-order valence-corrected chi connectivity index (χ2v) is 10.6. The van der Waals surface area contributed by atoms with Crippen molar-refractivity contribution in [3.63, 3.8) is 0 Å². The van der Waals surface area contributed by atoms with Gasteiger partial charge in [-0.1, -0.05) is 6.92 Å². The van der Waals surface area contributed by atoms with Crippen LogP contribution in [0, 0.1) is 18.7 Å². The fourth-order valence-corrected chi connectivity index (χ4v) is 5.87. The first-order chi connectivity index (χ1) is 17.5. The van der Waals surface area contributed by atoms with E-state index in [4.69, 9.17) is 9.47 Å². The van der Waals surface area contributed by atoms with Gasteiger partial charge in [0.1, 0.15) is 18.5 Å². The van der Waals surface area contributed by atoms with E-state index in [0.717, 1.165) is 77.8 Å². The van der Waals surface area contributed by atoms with Gasteiger partial charge in [-0.25, -0.2) is 4.39 Å². The molecule has 6 rings (SSSR count). The van der Waals surface area contributed by atoms with E-state index in [1.165, 1.54) is 17.3 Å². The van der Waals surface area contributed by atoms with Gasteiger partial charge in [0.15, 0.2) is 11.5 Å². The number of nitrogens with one attached hydrogen (secondary N) is 1. The van der Waals surface area contributed by atoms with Crippen LogP contribution in [0.2, 0.25) is 0 Å². The summed E-state index contributed by atoms with van der Waals surface area (Å²) in [6.07, 6.45) is 4.16. The van der Waals surface area contributed by atoms with E-state index in [2.05, 4.69) is 34.8 Å². The third-order valence-electron chi connectivity index (χ3n) is 8.03. The highest BCUT2D eigenvalue weighted by atomic mass is 19.1. The van der Waals surface area contributed by atoms with Crippen LogP contribution in [-0.4, -0.2) is 46.7 Å². The molecule has 0 radical (unpaired) electrons. The van der Waals surface area contributed by atoms with Crippen LogP contribution in [0.3, 0.4) is 0 Å². The van der Waals surface area contributed by atoms with Crippen molar-refractivity contribution in [2.24, 2.45) is 5.92 Å². The molecule has 188 valence electrons. The second-order valence-electron chi connectivity index (χ2n) is 10.6. The Bertz CT molecular complexity index is 1410. The average Bonchev–Trinajstić information content (AvgIpc) is 3.24. The molecule has 0 saturated carbocycles. The summed E-state index contributed by atoms with van der Waals surface area (Å²) >= 11 is 0. The minimum Gasteiger partial charge on any atom is -0.486 e. The van der Waals surface area contributed by atoms with E-state index in [-0.39, 0.29) is 11.9 Å². The fraction of sp³-hybridized carbons (Fsp3) is 0.433. The molecule has 1 aliphatic heterocycles. The van der Waals surface area contributed by atoms with Gasteiger partial charge < -0.3 is 14.5 Å². The minimum absolute atomic E-state index is 0.0419. The number of aromatic nitrogens is 2. The van der Waals surface area contributed by atoms with Gasteiger partial charge >= 0.3 is 0 Å². The van der Waals surface area contributed by atoms with Crippen LogP contribution in [0.1, 0.15) is 43.6 Å². The molecule has 0 fully saturated rings. The monoisotopic (exact) mass is 487 g/mol. The average molecular weight is 488 g/mol. The van der Waals surface area contributed by atoms with Crippen LogP contribution in [0.25, 0.3) is 21.8 Å². The Labute approximate surface area is 211 Å². The van der Waals surface area contributed by atoms with Gasteiger partial charge in [0.2, 0.25) is 0 Å². The van der Waals surface area contributed by atoms with E-state index in [0.29, 0.717) is 18.6 Å². The summed E-state index contributed by atoms with van der Waals surface area (Å²) in [7, 11) is 0. The van der Waals surface area contributed by atoms with Crippen LogP contribution in [0.4, 0.5) is 4.39 Å². The molecule has 4 aromatic rings. The smallest absolute Gasteiger partial charge is 0.171 e. The van der Waals surface area contributed by atoms with E-state index >= 15 is 0 Å². The van der Waals surface area contributed by atoms with Crippen LogP contribution in [0.5, 0.6) is 11.5 Å². The van der Waals surface area contributed by atoms with E-state index < -0.39 is 0 Å². The number of fused-ring (bicyclic) bond motifs is 6. The molecule has 1 N–H and O–H groups in total. The number of rotatable bonds is 6. The molecule has 1 unspecified atom stereocenters. The molecule has 1 aliphatic carbocycles. The number of nitrogens with zero attached hydrogens (tertiary/aromatic N) is 2. The lowest BCUT2D eigenvalue weighted by molar-refractivity contribution is 0.0410. The summed E-state index contributed by atoms with van der Waals surface area (Å²) in [5, 5.41) is 2.05. The van der Waals surface area contributed by atoms with E-state index in [9.17, 15) is 4.39 Å². The topological polar surface area (TPSA) is 50.4 Å². The molecule has 6 heteroatoms. The maximum Gasteiger partial charge on any atom is 0.171 e. The van der Waals surface area contributed by atoms with Crippen LogP contribution in [-0.2, 0) is 12.8 Å². The van der Waals surface area contributed by atoms with Gasteiger partial charge in [0, 0.05) is 46.8 Å². The zero-order valence-corrected chi connectivity index (χ0v) is 21.3. The van der Waals surface area contributed by atoms with Gasteiger partial charge in [-0.3, -0.25) is 9.88 Å². The number of aromatic amines is 1. The van der Waals surface area contributed by atoms with Gasteiger partial charge in [0.05, 0.1) is 5.52 Å². The van der Waals surface area contributed by atoms with Crippen molar-refractivity contribution in [3.8, 4) is 11.5 Å². The molecular weight excluding hydrogens is 453 g/mol. The summed E-state index contributed by atoms with van der Waals surface area (Å²) in [5.41, 5.74) is 5.55. The molecular formula is C30H34FN3O2. The van der Waals surface area contributed by atoms with Gasteiger partial charge in [0.25, 0.3) is 0 Å². The Morgan fingerprint density at radius 3 is 2.89 bits per heavy atom. The molecule has 0 amide bonds. The lowest BCUT2D eigenvalue weighted by Gasteiger charge is -2.37. The SMILES string of the molecule is CCC(C)N(C[C@H]1CCc2[nH]c3ccc(F)cc3c2C1)C[C@H]1COc2ccc3nc(C)ccc3c2O1. The number of pyridine rings is 1. The summed E-state index contributed by atoms with van der Waals surface area (Å²) in [6, 6.07) is 13.6. The number of ether oxygens (including phenoxy) is 2. The summed E-state index contributed by atoms with van der Waals surface area (Å²) in [4.78, 5) is 10.7. The van der Waals surface area contributed by atoms with Crippen LogP contribution >= 0.6 is 0 Å². The molecule has 5 nitrogen and oxygen atoms in total. The normalized spacial score (nSPS) is 20.1. The number of halogens is 1. The van der Waals surface area contributed by atoms with Crippen molar-refractivity contribution in [1.82, 2.24) is 14.9 Å². The molecule has 36 heavy (non-hydrogen) atoms. The largest absolute Gasteiger partial charge is 0.486 e. The highest BCUT2D eigenvalue weighted by Gasteiger charge is 2.30. The first-order valence-corrected chi connectivity index (χ1v) is 13.2. The number of aryl methyl sites for hydroxylation is 2. The molecule has 0 spiro atoms. The maximum absolute atomic E-state index is 14.0. The van der Waals surface area contributed by atoms with Gasteiger partial charge in [-0.15, -0.1) is 0 Å². The minimum atomic E-state index is -0.166. The van der Waals surface area contributed by atoms with Crippen molar-refractivity contribution in [3.05, 3.63) is 65.2 Å². The standard InChI is InChI=1S/C30H34FN3O2/c1-4-19(3)34(15-20-6-9-27-24(13-20)25-14-21(31)7-10-28(25)33-27)16-22-17-35-29-12-11-26-23(30(29)36-22)8-5-18(2)32-26/h5,7-8,10-12,14,19-20,22,33H,4,6,9,13,15-17H2,1-3H3/t19?,20-,22-/m0/s1. The van der Waals surface area contributed by atoms with Crippen molar-refractivity contribution in [2.75, 3.05) is 19.7 Å². The van der Waals surface area contributed by atoms with Crippen molar-refractivity contribution >= 4 is 21.8 Å². The van der Waals surface area contributed by atoms with Gasteiger partial charge in [-0.2, -0.15) is 0 Å². The summed E-state index contributed by atoms with van der Waals surface area (Å²) in [5.74, 6) is 1.97. The summed E-state index contributed by atoms with van der Waals surface area (Å²) < 4.78 is 26.7. The third-order valence-corrected chi connectivity index (χ3v) is 8.03. The Hall–Kier alpha value is -3.12. The number of benzene rings is 2. The highest BCUT2D eigenvalue weighted by Crippen LogP contribution is 2.39. The van der Waals surface area contributed by atoms with Crippen molar-refractivity contribution in [2.45, 2.75) is 58.6 Å². The Balaban J connectivity index is 1.20. The zero-order valence-electron chi connectivity index (χ0n) is 21.3. The van der Waals surface area contributed by atoms with Crippen LogP contribution in [0.15, 0.2) is 42.5 Å². The quantitative estimate of drug-likeness (QED) is 0.351. The van der Waals surface area contributed by atoms with Crippen molar-refractivity contribution < 1.29 is 13.9 Å². The first-order valence-electron chi connectivity index (χ1n) is 13.2. The van der Waals surface area contributed by atoms with Gasteiger partial charge in [-0.05, 0) is 93.5 Å². The molecule has 2 aromatic heterocycles. The van der Waals surface area contributed by atoms with E-state index in [1.54, 1.807) is 6.07 Å². The lowest BCUT2D eigenvalue weighted by atomic mass is 9.85. The number of hydrogen-bond acceptors (Lipinski definition) is 4. The summed E-state index contributed by atoms with van der Waals surface area (Å²) in [6.45, 7) is 8.91. The predicted molar refractivity (Wildman–Crippen MR) is 141 cm³/mol. The molecule has 0 saturated heterocycles. The predicted octanol–water partition coefficient (Wildman–Crippen LogP) is 6.21. The second kappa shape index (κ2) is 9.40. The van der Waals surface area contributed by atoms with Crippen molar-refractivity contribution in [1.29, 1.82) is 0 Å². The molecule has 3 atom stereocenters. The molecule has 2 aliphatic rings. The number of H-pyrrole nitrogens is 1. The Kier molecular flexibility index (Phi) is 6.08. The first kappa shape index (κ1) is 23.3. The lowest BCUT2D eigenvalue weighted by Crippen LogP contribution is -2.46. The molecule has 2 aromatic carbocycles. The zero-order chi connectivity index (χ0) is 24.8.